The lowest BCUT2D eigenvalue weighted by atomic mass is 10.1. The molecule has 0 aliphatic rings. The van der Waals surface area contributed by atoms with Crippen LogP contribution in [0.4, 0.5) is 5.69 Å². The third-order valence-corrected chi connectivity index (χ3v) is 5.43. The molecule has 2 rings (SSSR count). The van der Waals surface area contributed by atoms with E-state index in [1.165, 1.54) is 32.4 Å². The zero-order valence-corrected chi connectivity index (χ0v) is 16.6. The summed E-state index contributed by atoms with van der Waals surface area (Å²) in [5, 5.41) is 2.86. The van der Waals surface area contributed by atoms with Crippen LogP contribution in [0.5, 0.6) is 11.5 Å². The summed E-state index contributed by atoms with van der Waals surface area (Å²) in [7, 11) is -0.902. The van der Waals surface area contributed by atoms with Gasteiger partial charge in [0.2, 0.25) is 0 Å². The highest BCUT2D eigenvalue weighted by molar-refractivity contribution is 7.92. The van der Waals surface area contributed by atoms with Crippen molar-refractivity contribution >= 4 is 21.6 Å². The Kier molecular flexibility index (Phi) is 6.68. The van der Waals surface area contributed by atoms with Crippen molar-refractivity contribution in [3.63, 3.8) is 0 Å². The molecule has 0 saturated heterocycles. The standard InChI is InChI=1S/C19H24N2O5S/c1-5-13(2)20-19(22)14-6-8-15(9-7-14)21-27(23,24)16-10-11-17(25-3)18(12-16)26-4/h6-13,21H,5H2,1-4H3,(H,20,22)/t13-/m1/s1. The van der Waals surface area contributed by atoms with E-state index in [0.29, 0.717) is 22.7 Å². The van der Waals surface area contributed by atoms with Crippen LogP contribution in [0.25, 0.3) is 0 Å². The molecule has 0 saturated carbocycles. The van der Waals surface area contributed by atoms with Gasteiger partial charge in [0.15, 0.2) is 11.5 Å². The summed E-state index contributed by atoms with van der Waals surface area (Å²) in [5.41, 5.74) is 0.814. The normalized spacial score (nSPS) is 12.1. The molecule has 0 unspecified atom stereocenters. The van der Waals surface area contributed by atoms with E-state index in [0.717, 1.165) is 6.42 Å². The second-order valence-corrected chi connectivity index (χ2v) is 7.66. The molecule has 0 spiro atoms. The summed E-state index contributed by atoms with van der Waals surface area (Å²) in [6, 6.07) is 10.6. The fourth-order valence-corrected chi connectivity index (χ4v) is 3.37. The van der Waals surface area contributed by atoms with Gasteiger partial charge in [-0.15, -0.1) is 0 Å². The SMILES string of the molecule is CC[C@@H](C)NC(=O)c1ccc(NS(=O)(=O)c2ccc(OC)c(OC)c2)cc1. The smallest absolute Gasteiger partial charge is 0.262 e. The van der Waals surface area contributed by atoms with Crippen molar-refractivity contribution in [2.75, 3.05) is 18.9 Å². The maximum absolute atomic E-state index is 12.6. The molecule has 7 nitrogen and oxygen atoms in total. The van der Waals surface area contributed by atoms with Crippen LogP contribution < -0.4 is 19.5 Å². The number of rotatable bonds is 8. The van der Waals surface area contributed by atoms with Crippen LogP contribution in [0, 0.1) is 0 Å². The van der Waals surface area contributed by atoms with Crippen LogP contribution in [0.3, 0.4) is 0 Å². The van der Waals surface area contributed by atoms with E-state index >= 15 is 0 Å². The second kappa shape index (κ2) is 8.77. The Morgan fingerprint density at radius 2 is 1.67 bits per heavy atom. The van der Waals surface area contributed by atoms with Gasteiger partial charge in [-0.3, -0.25) is 9.52 Å². The predicted molar refractivity (Wildman–Crippen MR) is 104 cm³/mol. The first-order valence-corrected chi connectivity index (χ1v) is 9.94. The molecule has 1 amide bonds. The molecular formula is C19H24N2O5S. The molecule has 27 heavy (non-hydrogen) atoms. The monoisotopic (exact) mass is 392 g/mol. The molecule has 1 atom stereocenters. The fraction of sp³-hybridized carbons (Fsp3) is 0.316. The van der Waals surface area contributed by atoms with Gasteiger partial charge < -0.3 is 14.8 Å². The minimum atomic E-state index is -3.81. The number of carbonyl (C=O) groups excluding carboxylic acids is 1. The highest BCUT2D eigenvalue weighted by Gasteiger charge is 2.17. The molecule has 0 heterocycles. The average Bonchev–Trinajstić information content (AvgIpc) is 2.67. The molecule has 0 fully saturated rings. The number of anilines is 1. The van der Waals surface area contributed by atoms with E-state index in [-0.39, 0.29) is 16.8 Å². The number of nitrogens with one attached hydrogen (secondary N) is 2. The topological polar surface area (TPSA) is 93.7 Å². The molecule has 8 heteroatoms. The lowest BCUT2D eigenvalue weighted by Crippen LogP contribution is -2.31. The Morgan fingerprint density at radius 1 is 1.04 bits per heavy atom. The van der Waals surface area contributed by atoms with Crippen LogP contribution in [0.2, 0.25) is 0 Å². The molecule has 0 aliphatic heterocycles. The first-order valence-electron chi connectivity index (χ1n) is 8.46. The molecule has 0 aromatic heterocycles. The van der Waals surface area contributed by atoms with Gasteiger partial charge in [-0.25, -0.2) is 8.42 Å². The van der Waals surface area contributed by atoms with Crippen molar-refractivity contribution in [3.05, 3.63) is 48.0 Å². The lowest BCUT2D eigenvalue weighted by molar-refractivity contribution is 0.0939. The largest absolute Gasteiger partial charge is 0.493 e. The summed E-state index contributed by atoms with van der Waals surface area (Å²) in [6.45, 7) is 3.90. The zero-order chi connectivity index (χ0) is 20.0. The number of benzene rings is 2. The number of hydrogen-bond acceptors (Lipinski definition) is 5. The summed E-state index contributed by atoms with van der Waals surface area (Å²) in [6.07, 6.45) is 0.828. The second-order valence-electron chi connectivity index (χ2n) is 5.98. The maximum atomic E-state index is 12.6. The van der Waals surface area contributed by atoms with Crippen molar-refractivity contribution in [1.82, 2.24) is 5.32 Å². The number of sulfonamides is 1. The molecule has 0 aliphatic carbocycles. The van der Waals surface area contributed by atoms with Gasteiger partial charge in [-0.1, -0.05) is 6.92 Å². The van der Waals surface area contributed by atoms with Crippen LogP contribution in [0.15, 0.2) is 47.4 Å². The van der Waals surface area contributed by atoms with Crippen molar-refractivity contribution in [2.24, 2.45) is 0 Å². The average molecular weight is 392 g/mol. The minimum absolute atomic E-state index is 0.0405. The van der Waals surface area contributed by atoms with Crippen molar-refractivity contribution in [2.45, 2.75) is 31.2 Å². The first-order chi connectivity index (χ1) is 12.8. The Hall–Kier alpha value is -2.74. The van der Waals surface area contributed by atoms with Gasteiger partial charge in [-0.2, -0.15) is 0 Å². The molecule has 0 bridgehead atoms. The molecule has 2 N–H and O–H groups in total. The van der Waals surface area contributed by atoms with E-state index in [9.17, 15) is 13.2 Å². The van der Waals surface area contributed by atoms with Crippen LogP contribution in [-0.4, -0.2) is 34.6 Å². The van der Waals surface area contributed by atoms with E-state index < -0.39 is 10.0 Å². The van der Waals surface area contributed by atoms with E-state index in [4.69, 9.17) is 9.47 Å². The maximum Gasteiger partial charge on any atom is 0.262 e. The van der Waals surface area contributed by atoms with E-state index in [2.05, 4.69) is 10.0 Å². The molecule has 0 radical (unpaired) electrons. The summed E-state index contributed by atoms with van der Waals surface area (Å²) in [4.78, 5) is 12.1. The zero-order valence-electron chi connectivity index (χ0n) is 15.8. The summed E-state index contributed by atoms with van der Waals surface area (Å²) < 4.78 is 37.9. The Balaban J connectivity index is 2.17. The number of carbonyl (C=O) groups is 1. The summed E-state index contributed by atoms with van der Waals surface area (Å²) in [5.74, 6) is 0.559. The first kappa shape index (κ1) is 20.6. The number of amides is 1. The number of methoxy groups -OCH3 is 2. The van der Waals surface area contributed by atoms with Crippen LogP contribution in [0.1, 0.15) is 30.6 Å². The van der Waals surface area contributed by atoms with E-state index in [1.807, 2.05) is 13.8 Å². The fourth-order valence-electron chi connectivity index (χ4n) is 2.30. The third-order valence-electron chi connectivity index (χ3n) is 4.05. The van der Waals surface area contributed by atoms with Gasteiger partial charge in [-0.05, 0) is 49.7 Å². The van der Waals surface area contributed by atoms with Gasteiger partial charge in [0.05, 0.1) is 19.1 Å². The quantitative estimate of drug-likeness (QED) is 0.720. The molecule has 2 aromatic rings. The summed E-state index contributed by atoms with van der Waals surface area (Å²) >= 11 is 0. The van der Waals surface area contributed by atoms with Gasteiger partial charge in [0.1, 0.15) is 0 Å². The van der Waals surface area contributed by atoms with E-state index in [1.54, 1.807) is 24.3 Å². The van der Waals surface area contributed by atoms with Gasteiger partial charge >= 0.3 is 0 Å². The van der Waals surface area contributed by atoms with Gasteiger partial charge in [0.25, 0.3) is 15.9 Å². The van der Waals surface area contributed by atoms with Crippen molar-refractivity contribution < 1.29 is 22.7 Å². The van der Waals surface area contributed by atoms with Crippen LogP contribution >= 0.6 is 0 Å². The molecule has 146 valence electrons. The molecular weight excluding hydrogens is 368 g/mol. The number of hydrogen-bond donors (Lipinski definition) is 2. The van der Waals surface area contributed by atoms with Crippen LogP contribution in [-0.2, 0) is 10.0 Å². The minimum Gasteiger partial charge on any atom is -0.493 e. The highest BCUT2D eigenvalue weighted by Crippen LogP contribution is 2.30. The Bertz CT molecular complexity index is 895. The Labute approximate surface area is 159 Å². The predicted octanol–water partition coefficient (Wildman–Crippen LogP) is 3.03. The lowest BCUT2D eigenvalue weighted by Gasteiger charge is -2.13. The van der Waals surface area contributed by atoms with Crippen molar-refractivity contribution in [1.29, 1.82) is 0 Å². The van der Waals surface area contributed by atoms with Gasteiger partial charge in [0, 0.05) is 23.4 Å². The third kappa shape index (κ3) is 5.13. The van der Waals surface area contributed by atoms with Crippen molar-refractivity contribution in [3.8, 4) is 11.5 Å². The number of ether oxygens (including phenoxy) is 2. The molecule has 2 aromatic carbocycles. The highest BCUT2D eigenvalue weighted by atomic mass is 32.2. The Morgan fingerprint density at radius 3 is 2.22 bits per heavy atom.